The van der Waals surface area contributed by atoms with Gasteiger partial charge in [0.1, 0.15) is 5.82 Å². The lowest BCUT2D eigenvalue weighted by atomic mass is 9.88. The van der Waals surface area contributed by atoms with Gasteiger partial charge in [-0.25, -0.2) is 8.78 Å². The van der Waals surface area contributed by atoms with Crippen molar-refractivity contribution < 1.29 is 22.6 Å². The summed E-state index contributed by atoms with van der Waals surface area (Å²) < 4.78 is 54.5. The van der Waals surface area contributed by atoms with Crippen LogP contribution in [0.15, 0.2) is 54.6 Å². The van der Waals surface area contributed by atoms with Gasteiger partial charge in [0.2, 0.25) is 5.82 Å². The number of hydrogen-bond acceptors (Lipinski definition) is 2. The summed E-state index contributed by atoms with van der Waals surface area (Å²) in [5.41, 5.74) is 2.94. The predicted molar refractivity (Wildman–Crippen MR) is 139 cm³/mol. The Morgan fingerprint density at radius 1 is 0.806 bits per heavy atom. The van der Waals surface area contributed by atoms with Crippen LogP contribution in [0.3, 0.4) is 0 Å². The number of unbranched alkanes of at least 4 members (excludes halogenated alkanes) is 4. The van der Waals surface area contributed by atoms with Gasteiger partial charge in [0.25, 0.3) is 0 Å². The lowest BCUT2D eigenvalue weighted by Gasteiger charge is -2.29. The topological polar surface area (TPSA) is 18.5 Å². The highest BCUT2D eigenvalue weighted by Crippen LogP contribution is 2.35. The van der Waals surface area contributed by atoms with E-state index >= 15 is 4.39 Å². The molecule has 4 rings (SSSR count). The lowest BCUT2D eigenvalue weighted by Crippen LogP contribution is -2.25. The van der Waals surface area contributed by atoms with Crippen molar-refractivity contribution in [2.75, 3.05) is 13.7 Å². The van der Waals surface area contributed by atoms with E-state index in [1.54, 1.807) is 30.3 Å². The third-order valence-corrected chi connectivity index (χ3v) is 7.24. The average molecular weight is 497 g/mol. The van der Waals surface area contributed by atoms with Crippen LogP contribution in [-0.2, 0) is 4.74 Å². The third-order valence-electron chi connectivity index (χ3n) is 7.24. The van der Waals surface area contributed by atoms with Gasteiger partial charge in [-0.1, -0.05) is 75.4 Å². The van der Waals surface area contributed by atoms with Gasteiger partial charge in [0.05, 0.1) is 19.8 Å². The van der Waals surface area contributed by atoms with Crippen LogP contribution < -0.4 is 4.74 Å². The first-order valence-corrected chi connectivity index (χ1v) is 13.1. The molecule has 0 aliphatic carbocycles. The molecule has 1 aliphatic rings. The number of hydrogen-bond donors (Lipinski definition) is 0. The molecule has 2 unspecified atom stereocenters. The molecule has 2 nitrogen and oxygen atoms in total. The second-order valence-corrected chi connectivity index (χ2v) is 9.69. The lowest BCUT2D eigenvalue weighted by molar-refractivity contribution is -0.00273. The van der Waals surface area contributed by atoms with Gasteiger partial charge < -0.3 is 9.47 Å². The maximum atomic E-state index is 15.1. The summed E-state index contributed by atoms with van der Waals surface area (Å²) in [6.07, 6.45) is 9.63. The summed E-state index contributed by atoms with van der Waals surface area (Å²) in [7, 11) is 1.30. The SMILES string of the molecule is CCCCCCCC1CCC(c2ccc(-c3ccc(-c4ccc(OC)c(F)c4F)cc3)cc2F)CO1. The maximum absolute atomic E-state index is 15.1. The van der Waals surface area contributed by atoms with E-state index < -0.39 is 11.6 Å². The van der Waals surface area contributed by atoms with E-state index in [1.165, 1.54) is 51.3 Å². The number of ether oxygens (including phenoxy) is 2. The minimum absolute atomic E-state index is 0.0747. The van der Waals surface area contributed by atoms with Crippen molar-refractivity contribution >= 4 is 0 Å². The summed E-state index contributed by atoms with van der Waals surface area (Å²) in [5.74, 6) is -2.26. The van der Waals surface area contributed by atoms with Gasteiger partial charge in [-0.05, 0) is 59.7 Å². The van der Waals surface area contributed by atoms with E-state index in [0.29, 0.717) is 23.8 Å². The number of halogens is 3. The van der Waals surface area contributed by atoms with Crippen LogP contribution in [0.5, 0.6) is 5.75 Å². The molecule has 192 valence electrons. The van der Waals surface area contributed by atoms with E-state index in [0.717, 1.165) is 30.4 Å². The molecule has 36 heavy (non-hydrogen) atoms. The molecule has 3 aromatic rings. The van der Waals surface area contributed by atoms with Crippen molar-refractivity contribution in [3.8, 4) is 28.0 Å². The quantitative estimate of drug-likeness (QED) is 0.261. The Hall–Kier alpha value is -2.79. The first-order valence-electron chi connectivity index (χ1n) is 13.1. The van der Waals surface area contributed by atoms with Crippen LogP contribution in [0.2, 0.25) is 0 Å². The monoisotopic (exact) mass is 496 g/mol. The van der Waals surface area contributed by atoms with Crippen LogP contribution in [0.25, 0.3) is 22.3 Å². The second kappa shape index (κ2) is 12.4. The van der Waals surface area contributed by atoms with E-state index in [-0.39, 0.29) is 23.0 Å². The Kier molecular flexibility index (Phi) is 9.08. The number of benzene rings is 3. The van der Waals surface area contributed by atoms with Crippen LogP contribution in [0.1, 0.15) is 69.8 Å². The second-order valence-electron chi connectivity index (χ2n) is 9.69. The van der Waals surface area contributed by atoms with Crippen LogP contribution in [-0.4, -0.2) is 19.8 Å². The normalized spacial score (nSPS) is 17.8. The van der Waals surface area contributed by atoms with Gasteiger partial charge in [0, 0.05) is 11.5 Å². The smallest absolute Gasteiger partial charge is 0.201 e. The predicted octanol–water partition coefficient (Wildman–Crippen LogP) is 9.07. The molecule has 1 heterocycles. The molecule has 1 fully saturated rings. The number of rotatable bonds is 10. The zero-order chi connectivity index (χ0) is 25.5. The molecule has 1 aliphatic heterocycles. The van der Waals surface area contributed by atoms with Crippen LogP contribution in [0.4, 0.5) is 13.2 Å². The summed E-state index contributed by atoms with van der Waals surface area (Å²) in [5, 5.41) is 0. The minimum atomic E-state index is -1.01. The largest absolute Gasteiger partial charge is 0.494 e. The first kappa shape index (κ1) is 26.3. The highest BCUT2D eigenvalue weighted by Gasteiger charge is 2.25. The zero-order valence-corrected chi connectivity index (χ0v) is 21.2. The molecule has 2 atom stereocenters. The van der Waals surface area contributed by atoms with Crippen molar-refractivity contribution in [1.29, 1.82) is 0 Å². The molecule has 0 bridgehead atoms. The molecule has 0 saturated carbocycles. The molecular formula is C31H35F3O2. The van der Waals surface area contributed by atoms with Gasteiger partial charge >= 0.3 is 0 Å². The van der Waals surface area contributed by atoms with E-state index in [9.17, 15) is 8.78 Å². The van der Waals surface area contributed by atoms with Gasteiger partial charge in [-0.2, -0.15) is 4.39 Å². The highest BCUT2D eigenvalue weighted by molar-refractivity contribution is 5.71. The van der Waals surface area contributed by atoms with Crippen molar-refractivity contribution in [3.63, 3.8) is 0 Å². The van der Waals surface area contributed by atoms with Gasteiger partial charge in [-0.15, -0.1) is 0 Å². The molecule has 0 N–H and O–H groups in total. The Morgan fingerprint density at radius 2 is 1.53 bits per heavy atom. The molecule has 1 saturated heterocycles. The Balaban J connectivity index is 1.38. The third kappa shape index (κ3) is 6.12. The Labute approximate surface area is 212 Å². The Bertz CT molecular complexity index is 1140. The summed E-state index contributed by atoms with van der Waals surface area (Å²) in [4.78, 5) is 0. The summed E-state index contributed by atoms with van der Waals surface area (Å²) in [6.45, 7) is 2.79. The molecule has 0 radical (unpaired) electrons. The van der Waals surface area contributed by atoms with E-state index in [2.05, 4.69) is 6.92 Å². The van der Waals surface area contributed by atoms with E-state index in [1.807, 2.05) is 12.1 Å². The Morgan fingerprint density at radius 3 is 2.19 bits per heavy atom. The summed E-state index contributed by atoms with van der Waals surface area (Å²) in [6, 6.07) is 15.2. The fourth-order valence-corrected chi connectivity index (χ4v) is 5.05. The number of methoxy groups -OCH3 is 1. The zero-order valence-electron chi connectivity index (χ0n) is 21.2. The average Bonchev–Trinajstić information content (AvgIpc) is 2.91. The highest BCUT2D eigenvalue weighted by atomic mass is 19.2. The van der Waals surface area contributed by atoms with Crippen LogP contribution >= 0.6 is 0 Å². The van der Waals surface area contributed by atoms with Gasteiger partial charge in [0.15, 0.2) is 11.6 Å². The molecule has 5 heteroatoms. The van der Waals surface area contributed by atoms with Crippen molar-refractivity contribution in [2.24, 2.45) is 0 Å². The van der Waals surface area contributed by atoms with Crippen LogP contribution in [0, 0.1) is 17.5 Å². The minimum Gasteiger partial charge on any atom is -0.494 e. The van der Waals surface area contributed by atoms with Gasteiger partial charge in [-0.3, -0.25) is 0 Å². The van der Waals surface area contributed by atoms with E-state index in [4.69, 9.17) is 9.47 Å². The standard InChI is InChI=1S/C31H35F3O2/c1-3-4-5-6-7-8-25-15-13-24(20-36-25)26-16-14-23(19-28(26)32)21-9-11-22(12-10-21)27-17-18-29(35-2)31(34)30(27)33/h9-12,14,16-19,24-25H,3-8,13,15,20H2,1-2H3. The molecule has 0 aromatic heterocycles. The molecule has 0 amide bonds. The molecule has 0 spiro atoms. The van der Waals surface area contributed by atoms with Crippen molar-refractivity contribution in [3.05, 3.63) is 77.6 Å². The fraction of sp³-hybridized carbons (Fsp3) is 0.419. The fourth-order valence-electron chi connectivity index (χ4n) is 5.05. The molecule has 3 aromatic carbocycles. The first-order chi connectivity index (χ1) is 17.5. The summed E-state index contributed by atoms with van der Waals surface area (Å²) >= 11 is 0. The molecular weight excluding hydrogens is 461 g/mol. The van der Waals surface area contributed by atoms with Crippen molar-refractivity contribution in [1.82, 2.24) is 0 Å². The maximum Gasteiger partial charge on any atom is 0.201 e. The van der Waals surface area contributed by atoms with Crippen molar-refractivity contribution in [2.45, 2.75) is 70.3 Å².